The SMILES string of the molecule is C=CCCC(C(=C)C)n1c(=C)c2cccc(C(C)C)c2c1=C. The molecule has 22 heavy (non-hydrogen) atoms. The van der Waals surface area contributed by atoms with Crippen LogP contribution in [-0.4, -0.2) is 4.57 Å². The number of hydrogen-bond donors (Lipinski definition) is 0. The van der Waals surface area contributed by atoms with Crippen LogP contribution in [0.25, 0.3) is 23.9 Å². The first-order valence-corrected chi connectivity index (χ1v) is 7.97. The van der Waals surface area contributed by atoms with E-state index in [4.69, 9.17) is 0 Å². The number of benzene rings is 1. The number of allylic oxidation sites excluding steroid dienone is 2. The molecule has 1 heterocycles. The summed E-state index contributed by atoms with van der Waals surface area (Å²) >= 11 is 0. The van der Waals surface area contributed by atoms with Crippen LogP contribution >= 0.6 is 0 Å². The lowest BCUT2D eigenvalue weighted by Crippen LogP contribution is -2.30. The number of aromatic nitrogens is 1. The Morgan fingerprint density at radius 2 is 1.91 bits per heavy atom. The molecule has 0 fully saturated rings. The fraction of sp³-hybridized carbons (Fsp3) is 0.333. The number of fused-ring (bicyclic) bond motifs is 1. The van der Waals surface area contributed by atoms with E-state index in [0.717, 1.165) is 29.1 Å². The molecule has 0 N–H and O–H groups in total. The Hall–Kier alpha value is -2.02. The van der Waals surface area contributed by atoms with Gasteiger partial charge in [0.05, 0.1) is 6.04 Å². The van der Waals surface area contributed by atoms with E-state index >= 15 is 0 Å². The summed E-state index contributed by atoms with van der Waals surface area (Å²) in [6.45, 7) is 23.3. The molecule has 1 aromatic carbocycles. The van der Waals surface area contributed by atoms with Crippen LogP contribution in [0.3, 0.4) is 0 Å². The molecule has 0 aliphatic heterocycles. The largest absolute Gasteiger partial charge is 0.334 e. The third-order valence-corrected chi connectivity index (χ3v) is 4.42. The first-order chi connectivity index (χ1) is 10.4. The maximum atomic E-state index is 4.38. The van der Waals surface area contributed by atoms with Crippen molar-refractivity contribution in [2.24, 2.45) is 0 Å². The van der Waals surface area contributed by atoms with Gasteiger partial charge in [0.15, 0.2) is 0 Å². The van der Waals surface area contributed by atoms with Gasteiger partial charge in [-0.15, -0.1) is 6.58 Å². The molecule has 1 unspecified atom stereocenters. The summed E-state index contributed by atoms with van der Waals surface area (Å²) in [7, 11) is 0. The molecule has 0 spiro atoms. The van der Waals surface area contributed by atoms with Gasteiger partial charge in [-0.3, -0.25) is 0 Å². The highest BCUT2D eigenvalue weighted by molar-refractivity contribution is 5.87. The van der Waals surface area contributed by atoms with Gasteiger partial charge in [0.25, 0.3) is 0 Å². The Labute approximate surface area is 134 Å². The maximum Gasteiger partial charge on any atom is 0.0549 e. The van der Waals surface area contributed by atoms with Crippen LogP contribution in [0.5, 0.6) is 0 Å². The molecule has 0 saturated carbocycles. The lowest BCUT2D eigenvalue weighted by Gasteiger charge is -2.20. The highest BCUT2D eigenvalue weighted by Crippen LogP contribution is 2.24. The average Bonchev–Trinajstić information content (AvgIpc) is 2.72. The number of nitrogens with zero attached hydrogens (tertiary/aromatic N) is 1. The van der Waals surface area contributed by atoms with E-state index in [1.54, 1.807) is 0 Å². The van der Waals surface area contributed by atoms with Gasteiger partial charge >= 0.3 is 0 Å². The fourth-order valence-electron chi connectivity index (χ4n) is 3.27. The minimum Gasteiger partial charge on any atom is -0.334 e. The van der Waals surface area contributed by atoms with Crippen molar-refractivity contribution in [2.75, 3.05) is 0 Å². The van der Waals surface area contributed by atoms with E-state index in [9.17, 15) is 0 Å². The predicted octanol–water partition coefficient (Wildman–Crippen LogP) is 4.67. The molecule has 1 atom stereocenters. The van der Waals surface area contributed by atoms with E-state index in [0.29, 0.717) is 5.92 Å². The highest BCUT2D eigenvalue weighted by atomic mass is 15.0. The summed E-state index contributed by atoms with van der Waals surface area (Å²) < 4.78 is 2.27. The zero-order valence-electron chi connectivity index (χ0n) is 14.2. The summed E-state index contributed by atoms with van der Waals surface area (Å²) in [5.74, 6) is 0.468. The molecule has 2 aromatic rings. The minimum atomic E-state index is 0.227. The van der Waals surface area contributed by atoms with Gasteiger partial charge in [0, 0.05) is 21.5 Å². The third-order valence-electron chi connectivity index (χ3n) is 4.42. The Kier molecular flexibility index (Phi) is 4.75. The fourth-order valence-corrected chi connectivity index (χ4v) is 3.27. The average molecular weight is 293 g/mol. The zero-order chi connectivity index (χ0) is 16.4. The molecule has 0 aliphatic carbocycles. The molecule has 0 bridgehead atoms. The van der Waals surface area contributed by atoms with Crippen LogP contribution in [0.1, 0.15) is 51.1 Å². The van der Waals surface area contributed by atoms with Gasteiger partial charge in [0.1, 0.15) is 0 Å². The van der Waals surface area contributed by atoms with Crippen LogP contribution in [0.2, 0.25) is 0 Å². The molecular weight excluding hydrogens is 266 g/mol. The van der Waals surface area contributed by atoms with Gasteiger partial charge < -0.3 is 4.57 Å². The van der Waals surface area contributed by atoms with Gasteiger partial charge in [-0.2, -0.15) is 0 Å². The maximum absolute atomic E-state index is 4.38. The first-order valence-electron chi connectivity index (χ1n) is 7.97. The summed E-state index contributed by atoms with van der Waals surface area (Å²) in [4.78, 5) is 0. The summed E-state index contributed by atoms with van der Waals surface area (Å²) in [5, 5.41) is 4.56. The molecular formula is C21H27N. The molecule has 1 aromatic heterocycles. The lowest BCUT2D eigenvalue weighted by molar-refractivity contribution is 0.521. The Morgan fingerprint density at radius 1 is 1.23 bits per heavy atom. The number of rotatable bonds is 6. The Balaban J connectivity index is 2.77. The molecule has 116 valence electrons. The normalized spacial score (nSPS) is 12.7. The third kappa shape index (κ3) is 2.68. The molecule has 0 saturated heterocycles. The second kappa shape index (κ2) is 6.39. The van der Waals surface area contributed by atoms with Crippen molar-refractivity contribution in [2.45, 2.75) is 45.6 Å². The van der Waals surface area contributed by atoms with Gasteiger partial charge in [0.2, 0.25) is 0 Å². The van der Waals surface area contributed by atoms with Crippen molar-refractivity contribution in [3.05, 3.63) is 59.3 Å². The van der Waals surface area contributed by atoms with Gasteiger partial charge in [-0.05, 0) is 31.2 Å². The molecule has 0 amide bonds. The standard InChI is InChI=1S/C21H27N/c1-8-9-13-20(15(4)5)22-16(6)19-12-10-11-18(14(2)3)21(19)17(22)7/h8,10-12,14,20H,1,4,6-7,9,13H2,2-3,5H3. The van der Waals surface area contributed by atoms with Crippen molar-refractivity contribution < 1.29 is 0 Å². The summed E-state index contributed by atoms with van der Waals surface area (Å²) in [6.07, 6.45) is 3.91. The molecule has 0 radical (unpaired) electrons. The van der Waals surface area contributed by atoms with E-state index in [1.165, 1.54) is 16.3 Å². The number of hydrogen-bond acceptors (Lipinski definition) is 0. The summed E-state index contributed by atoms with van der Waals surface area (Å²) in [5.41, 5.74) is 2.48. The van der Waals surface area contributed by atoms with Crippen LogP contribution < -0.4 is 10.7 Å². The van der Waals surface area contributed by atoms with Gasteiger partial charge in [-0.25, -0.2) is 0 Å². The van der Waals surface area contributed by atoms with Crippen LogP contribution in [-0.2, 0) is 0 Å². The summed E-state index contributed by atoms with van der Waals surface area (Å²) in [6, 6.07) is 6.70. The second-order valence-electron chi connectivity index (χ2n) is 6.42. The van der Waals surface area contributed by atoms with E-state index in [1.807, 2.05) is 6.08 Å². The smallest absolute Gasteiger partial charge is 0.0549 e. The molecule has 2 rings (SSSR count). The minimum absolute atomic E-state index is 0.227. The monoisotopic (exact) mass is 293 g/mol. The highest BCUT2D eigenvalue weighted by Gasteiger charge is 2.17. The zero-order valence-corrected chi connectivity index (χ0v) is 14.2. The van der Waals surface area contributed by atoms with Crippen LogP contribution in [0.15, 0.2) is 43.0 Å². The van der Waals surface area contributed by atoms with Crippen molar-refractivity contribution in [3.8, 4) is 0 Å². The van der Waals surface area contributed by atoms with E-state index in [2.05, 4.69) is 69.9 Å². The molecule has 1 nitrogen and oxygen atoms in total. The van der Waals surface area contributed by atoms with Crippen molar-refractivity contribution in [1.82, 2.24) is 4.57 Å². The van der Waals surface area contributed by atoms with Gasteiger partial charge in [-0.1, -0.05) is 63.4 Å². The first kappa shape index (κ1) is 16.4. The Bertz CT molecular complexity index is 805. The second-order valence-corrected chi connectivity index (χ2v) is 6.42. The van der Waals surface area contributed by atoms with Crippen molar-refractivity contribution >= 4 is 23.9 Å². The quantitative estimate of drug-likeness (QED) is 0.682. The topological polar surface area (TPSA) is 4.93 Å². The lowest BCUT2D eigenvalue weighted by atomic mass is 9.98. The van der Waals surface area contributed by atoms with Crippen LogP contribution in [0, 0.1) is 0 Å². The van der Waals surface area contributed by atoms with Crippen molar-refractivity contribution in [1.29, 1.82) is 0 Å². The molecule has 1 heteroatoms. The molecule has 0 aliphatic rings. The van der Waals surface area contributed by atoms with E-state index in [-0.39, 0.29) is 6.04 Å². The van der Waals surface area contributed by atoms with Crippen LogP contribution in [0.4, 0.5) is 0 Å². The Morgan fingerprint density at radius 3 is 2.45 bits per heavy atom. The van der Waals surface area contributed by atoms with E-state index < -0.39 is 0 Å². The predicted molar refractivity (Wildman–Crippen MR) is 99.6 cm³/mol. The van der Waals surface area contributed by atoms with Crippen molar-refractivity contribution in [3.63, 3.8) is 0 Å².